The quantitative estimate of drug-likeness (QED) is 0.630. The molecule has 3 heteroatoms. The lowest BCUT2D eigenvalue weighted by molar-refractivity contribution is 0.606. The average molecular weight is 323 g/mol. The van der Waals surface area contributed by atoms with Crippen LogP contribution in [0.15, 0.2) is 45.8 Å². The summed E-state index contributed by atoms with van der Waals surface area (Å²) in [4.78, 5) is 1.26. The zero-order chi connectivity index (χ0) is 12.7. The highest BCUT2D eigenvalue weighted by Gasteiger charge is 2.23. The van der Waals surface area contributed by atoms with E-state index in [2.05, 4.69) is 41.1 Å². The lowest BCUT2D eigenvalue weighted by atomic mass is 9.90. The number of benzene rings is 2. The van der Waals surface area contributed by atoms with Crippen LogP contribution in [0.2, 0.25) is 0 Å². The summed E-state index contributed by atoms with van der Waals surface area (Å²) in [5.74, 6) is 0.829. The van der Waals surface area contributed by atoms with Crippen molar-refractivity contribution < 1.29 is 4.39 Å². The fraction of sp³-hybridized carbons (Fsp3) is 0.200. The minimum Gasteiger partial charge on any atom is -0.205 e. The van der Waals surface area contributed by atoms with Crippen LogP contribution in [0.5, 0.6) is 0 Å². The molecule has 0 N–H and O–H groups in total. The smallest absolute Gasteiger partial charge is 0.141 e. The molecule has 0 fully saturated rings. The predicted molar refractivity (Wildman–Crippen MR) is 77.6 cm³/mol. The third kappa shape index (κ3) is 1.90. The van der Waals surface area contributed by atoms with Gasteiger partial charge in [-0.3, -0.25) is 0 Å². The van der Waals surface area contributed by atoms with Crippen molar-refractivity contribution in [3.63, 3.8) is 0 Å². The zero-order valence-corrected chi connectivity index (χ0v) is 12.3. The third-order valence-electron chi connectivity index (χ3n) is 3.46. The number of halogens is 2. The molecular weight excluding hydrogens is 311 g/mol. The zero-order valence-electron chi connectivity index (χ0n) is 9.91. The van der Waals surface area contributed by atoms with Crippen LogP contribution in [-0.2, 0) is 5.75 Å². The normalized spacial score (nSPS) is 17.8. The van der Waals surface area contributed by atoms with Gasteiger partial charge in [-0.05, 0) is 39.2 Å². The molecule has 1 aliphatic rings. The highest BCUT2D eigenvalue weighted by Crippen LogP contribution is 2.42. The van der Waals surface area contributed by atoms with Gasteiger partial charge in [-0.2, -0.15) is 0 Å². The summed E-state index contributed by atoms with van der Waals surface area (Å²) in [6.45, 7) is 2.15. The van der Waals surface area contributed by atoms with Crippen molar-refractivity contribution in [2.45, 2.75) is 23.5 Å². The second-order valence-corrected chi connectivity index (χ2v) is 6.35. The van der Waals surface area contributed by atoms with Crippen LogP contribution in [0.4, 0.5) is 4.39 Å². The highest BCUT2D eigenvalue weighted by molar-refractivity contribution is 9.10. The molecule has 1 aliphatic heterocycles. The molecule has 0 bridgehead atoms. The first-order valence-corrected chi connectivity index (χ1v) is 7.65. The number of fused-ring (bicyclic) bond motifs is 2. The van der Waals surface area contributed by atoms with Crippen LogP contribution < -0.4 is 0 Å². The SMILES string of the molecule is CC1c2ccccc2SCc2c1ccc(Br)c2F. The summed E-state index contributed by atoms with van der Waals surface area (Å²) in [5.41, 5.74) is 3.23. The second kappa shape index (κ2) is 4.71. The molecule has 0 amide bonds. The van der Waals surface area contributed by atoms with Crippen LogP contribution in [0.25, 0.3) is 0 Å². The van der Waals surface area contributed by atoms with Gasteiger partial charge in [-0.15, -0.1) is 11.8 Å². The Morgan fingerprint density at radius 1 is 1.17 bits per heavy atom. The predicted octanol–water partition coefficient (Wildman–Crippen LogP) is 5.35. The van der Waals surface area contributed by atoms with Crippen molar-refractivity contribution in [2.75, 3.05) is 0 Å². The molecule has 2 aromatic rings. The molecule has 0 saturated carbocycles. The van der Waals surface area contributed by atoms with Crippen LogP contribution in [0.1, 0.15) is 29.5 Å². The molecular formula is C15H12BrFS. The first-order chi connectivity index (χ1) is 8.68. The first kappa shape index (κ1) is 12.2. The van der Waals surface area contributed by atoms with E-state index in [1.165, 1.54) is 10.5 Å². The standard InChI is InChI=1S/C15H12BrFS/c1-9-10-6-7-13(16)15(17)12(10)8-18-14-5-3-2-4-11(9)14/h2-7,9H,8H2,1H3. The molecule has 0 radical (unpaired) electrons. The van der Waals surface area contributed by atoms with Gasteiger partial charge in [0.25, 0.3) is 0 Å². The fourth-order valence-corrected chi connectivity index (χ4v) is 4.00. The highest BCUT2D eigenvalue weighted by atomic mass is 79.9. The Bertz CT molecular complexity index is 609. The summed E-state index contributed by atoms with van der Waals surface area (Å²) < 4.78 is 14.8. The van der Waals surface area contributed by atoms with Gasteiger partial charge < -0.3 is 0 Å². The molecule has 1 heterocycles. The van der Waals surface area contributed by atoms with Gasteiger partial charge in [-0.1, -0.05) is 31.2 Å². The monoisotopic (exact) mass is 322 g/mol. The van der Waals surface area contributed by atoms with E-state index in [4.69, 9.17) is 0 Å². The lowest BCUT2D eigenvalue weighted by Gasteiger charge is -2.15. The Balaban J connectivity index is 2.21. The molecule has 18 heavy (non-hydrogen) atoms. The van der Waals surface area contributed by atoms with E-state index in [-0.39, 0.29) is 11.7 Å². The molecule has 92 valence electrons. The fourth-order valence-electron chi connectivity index (χ4n) is 2.45. The summed E-state index contributed by atoms with van der Waals surface area (Å²) in [6.07, 6.45) is 0. The van der Waals surface area contributed by atoms with E-state index >= 15 is 0 Å². The summed E-state index contributed by atoms with van der Waals surface area (Å²) in [7, 11) is 0. The van der Waals surface area contributed by atoms with Crippen molar-refractivity contribution in [1.29, 1.82) is 0 Å². The molecule has 1 atom stereocenters. The lowest BCUT2D eigenvalue weighted by Crippen LogP contribution is -2.01. The molecule has 0 spiro atoms. The van der Waals surface area contributed by atoms with E-state index < -0.39 is 0 Å². The van der Waals surface area contributed by atoms with Crippen molar-refractivity contribution in [1.82, 2.24) is 0 Å². The maximum absolute atomic E-state index is 14.2. The van der Waals surface area contributed by atoms with E-state index in [0.29, 0.717) is 10.2 Å². The minimum absolute atomic E-state index is 0.111. The topological polar surface area (TPSA) is 0 Å². The molecule has 0 saturated heterocycles. The summed E-state index contributed by atoms with van der Waals surface area (Å²) >= 11 is 4.99. The van der Waals surface area contributed by atoms with Crippen molar-refractivity contribution in [2.24, 2.45) is 0 Å². The minimum atomic E-state index is -0.111. The number of hydrogen-bond donors (Lipinski definition) is 0. The third-order valence-corrected chi connectivity index (χ3v) is 5.18. The van der Waals surface area contributed by atoms with Crippen molar-refractivity contribution in [3.8, 4) is 0 Å². The Kier molecular flexibility index (Phi) is 3.20. The van der Waals surface area contributed by atoms with E-state index in [9.17, 15) is 4.39 Å². The largest absolute Gasteiger partial charge is 0.205 e. The number of thioether (sulfide) groups is 1. The van der Waals surface area contributed by atoms with Gasteiger partial charge in [0.15, 0.2) is 0 Å². The van der Waals surface area contributed by atoms with Gasteiger partial charge >= 0.3 is 0 Å². The van der Waals surface area contributed by atoms with Crippen LogP contribution in [0.3, 0.4) is 0 Å². The second-order valence-electron chi connectivity index (χ2n) is 4.48. The van der Waals surface area contributed by atoms with Crippen LogP contribution in [0, 0.1) is 5.82 Å². The maximum Gasteiger partial charge on any atom is 0.141 e. The number of rotatable bonds is 0. The van der Waals surface area contributed by atoms with E-state index in [1.807, 2.05) is 18.2 Å². The summed E-state index contributed by atoms with van der Waals surface area (Å²) in [6, 6.07) is 12.2. The Morgan fingerprint density at radius 3 is 2.78 bits per heavy atom. The van der Waals surface area contributed by atoms with Crippen LogP contribution in [-0.4, -0.2) is 0 Å². The molecule has 0 aliphatic carbocycles. The van der Waals surface area contributed by atoms with Crippen molar-refractivity contribution in [3.05, 3.63) is 63.4 Å². The molecule has 1 unspecified atom stereocenters. The van der Waals surface area contributed by atoms with Gasteiger partial charge in [0.05, 0.1) is 4.47 Å². The molecule has 0 aromatic heterocycles. The van der Waals surface area contributed by atoms with Gasteiger partial charge in [-0.25, -0.2) is 4.39 Å². The van der Waals surface area contributed by atoms with Crippen molar-refractivity contribution >= 4 is 27.7 Å². The Labute approximate surface area is 119 Å². The maximum atomic E-state index is 14.2. The Hall–Kier alpha value is -0.800. The molecule has 2 aromatic carbocycles. The molecule has 3 rings (SSSR count). The first-order valence-electron chi connectivity index (χ1n) is 5.87. The van der Waals surface area contributed by atoms with Gasteiger partial charge in [0, 0.05) is 22.1 Å². The molecule has 0 nitrogen and oxygen atoms in total. The van der Waals surface area contributed by atoms with Gasteiger partial charge in [0.2, 0.25) is 0 Å². The van der Waals surface area contributed by atoms with E-state index in [1.54, 1.807) is 11.8 Å². The Morgan fingerprint density at radius 2 is 1.94 bits per heavy atom. The summed E-state index contributed by atoms with van der Waals surface area (Å²) in [5, 5.41) is 0. The van der Waals surface area contributed by atoms with Crippen LogP contribution >= 0.6 is 27.7 Å². The van der Waals surface area contributed by atoms with E-state index in [0.717, 1.165) is 11.1 Å². The van der Waals surface area contributed by atoms with Gasteiger partial charge in [0.1, 0.15) is 5.82 Å². The number of hydrogen-bond acceptors (Lipinski definition) is 1. The average Bonchev–Trinajstić information content (AvgIpc) is 2.53.